The summed E-state index contributed by atoms with van der Waals surface area (Å²) in [7, 11) is 0. The normalized spacial score (nSPS) is 14.3. The number of benzene rings is 1. The molecule has 0 saturated carbocycles. The maximum absolute atomic E-state index is 12.1. The molecule has 0 spiro atoms. The number of nitrogens with one attached hydrogen (secondary N) is 1. The van der Waals surface area contributed by atoms with Crippen molar-refractivity contribution in [2.24, 2.45) is 0 Å². The number of nitrogens with zero attached hydrogens (tertiary/aromatic N) is 4. The van der Waals surface area contributed by atoms with Gasteiger partial charge in [0, 0.05) is 10.7 Å². The molecule has 1 aromatic carbocycles. The lowest BCUT2D eigenvalue weighted by molar-refractivity contribution is -0.125. The standard InChI is InChI=1S/C14H12ClN5O3S/c15-9-2-1-3-10(4-9)17-12(21)7-20-11(5-16-18-20)6-19-13(22)8-24-14(19)23/h1-5H,6-8H2,(H,17,21). The first-order chi connectivity index (χ1) is 11.5. The van der Waals surface area contributed by atoms with Gasteiger partial charge < -0.3 is 5.32 Å². The molecular weight excluding hydrogens is 354 g/mol. The van der Waals surface area contributed by atoms with Crippen LogP contribution in [-0.4, -0.2) is 42.7 Å². The van der Waals surface area contributed by atoms with E-state index in [2.05, 4.69) is 15.6 Å². The first-order valence-electron chi connectivity index (χ1n) is 6.93. The third kappa shape index (κ3) is 3.74. The second kappa shape index (κ2) is 7.02. The molecule has 1 aliphatic rings. The van der Waals surface area contributed by atoms with E-state index in [4.69, 9.17) is 11.6 Å². The van der Waals surface area contributed by atoms with E-state index in [1.165, 1.54) is 10.9 Å². The summed E-state index contributed by atoms with van der Waals surface area (Å²) in [4.78, 5) is 36.5. The zero-order valence-corrected chi connectivity index (χ0v) is 13.9. The topological polar surface area (TPSA) is 97.2 Å². The van der Waals surface area contributed by atoms with E-state index >= 15 is 0 Å². The molecule has 1 fully saturated rings. The predicted molar refractivity (Wildman–Crippen MR) is 88.5 cm³/mol. The fourth-order valence-electron chi connectivity index (χ4n) is 2.13. The van der Waals surface area contributed by atoms with Crippen molar-refractivity contribution in [1.82, 2.24) is 19.9 Å². The second-order valence-corrected chi connectivity index (χ2v) is 6.34. The number of thioether (sulfide) groups is 1. The van der Waals surface area contributed by atoms with Crippen LogP contribution in [0.3, 0.4) is 0 Å². The Labute approximate surface area is 146 Å². The molecule has 8 nitrogen and oxygen atoms in total. The maximum atomic E-state index is 12.1. The highest BCUT2D eigenvalue weighted by Crippen LogP contribution is 2.21. The molecule has 2 heterocycles. The average Bonchev–Trinajstić information content (AvgIpc) is 3.09. The summed E-state index contributed by atoms with van der Waals surface area (Å²) in [6.07, 6.45) is 1.43. The van der Waals surface area contributed by atoms with Gasteiger partial charge in [0.15, 0.2) is 0 Å². The molecule has 0 radical (unpaired) electrons. The van der Waals surface area contributed by atoms with E-state index in [0.717, 1.165) is 16.7 Å². The van der Waals surface area contributed by atoms with Crippen LogP contribution in [0, 0.1) is 0 Å². The van der Waals surface area contributed by atoms with Crippen molar-refractivity contribution >= 4 is 46.1 Å². The van der Waals surface area contributed by atoms with Crippen LogP contribution in [0.5, 0.6) is 0 Å². The molecule has 10 heteroatoms. The Morgan fingerprint density at radius 2 is 2.21 bits per heavy atom. The predicted octanol–water partition coefficient (Wildman–Crippen LogP) is 1.77. The fourth-order valence-corrected chi connectivity index (χ4v) is 3.05. The van der Waals surface area contributed by atoms with Gasteiger partial charge in [-0.1, -0.05) is 34.6 Å². The van der Waals surface area contributed by atoms with E-state index in [-0.39, 0.29) is 35.9 Å². The number of rotatable bonds is 5. The van der Waals surface area contributed by atoms with Gasteiger partial charge in [-0.15, -0.1) is 5.10 Å². The molecule has 124 valence electrons. The number of carbonyl (C=O) groups is 3. The lowest BCUT2D eigenvalue weighted by Gasteiger charge is -2.13. The van der Waals surface area contributed by atoms with Crippen molar-refractivity contribution in [2.75, 3.05) is 11.1 Å². The van der Waals surface area contributed by atoms with Crippen molar-refractivity contribution in [1.29, 1.82) is 0 Å². The SMILES string of the molecule is O=C(Cn1nncc1CN1C(=O)CSC1=O)Nc1cccc(Cl)c1. The Balaban J connectivity index is 1.66. The van der Waals surface area contributed by atoms with Crippen molar-refractivity contribution in [3.8, 4) is 0 Å². The number of hydrogen-bond acceptors (Lipinski definition) is 6. The largest absolute Gasteiger partial charge is 0.324 e. The quantitative estimate of drug-likeness (QED) is 0.867. The minimum Gasteiger partial charge on any atom is -0.324 e. The highest BCUT2D eigenvalue weighted by atomic mass is 35.5. The molecule has 3 rings (SSSR count). The van der Waals surface area contributed by atoms with Gasteiger partial charge in [0.1, 0.15) is 6.54 Å². The van der Waals surface area contributed by atoms with Gasteiger partial charge in [0.2, 0.25) is 11.8 Å². The molecule has 24 heavy (non-hydrogen) atoms. The van der Waals surface area contributed by atoms with Gasteiger partial charge >= 0.3 is 0 Å². The number of aromatic nitrogens is 3. The summed E-state index contributed by atoms with van der Waals surface area (Å²) in [6.45, 7) is -0.0483. The van der Waals surface area contributed by atoms with Crippen molar-refractivity contribution in [3.05, 3.63) is 41.2 Å². The third-order valence-corrected chi connectivity index (χ3v) is 4.35. The number of hydrogen-bond donors (Lipinski definition) is 1. The fraction of sp³-hybridized carbons (Fsp3) is 0.214. The highest BCUT2D eigenvalue weighted by molar-refractivity contribution is 8.14. The van der Waals surface area contributed by atoms with E-state index < -0.39 is 0 Å². The smallest absolute Gasteiger partial charge is 0.289 e. The highest BCUT2D eigenvalue weighted by Gasteiger charge is 2.30. The lowest BCUT2D eigenvalue weighted by Crippen LogP contribution is -2.30. The Morgan fingerprint density at radius 3 is 2.92 bits per heavy atom. The summed E-state index contributed by atoms with van der Waals surface area (Å²) in [5, 5.41) is 10.5. The first-order valence-corrected chi connectivity index (χ1v) is 8.29. The van der Waals surface area contributed by atoms with Gasteiger partial charge in [-0.3, -0.25) is 19.3 Å². The summed E-state index contributed by atoms with van der Waals surface area (Å²) in [6, 6.07) is 6.77. The van der Waals surface area contributed by atoms with Gasteiger partial charge in [-0.2, -0.15) is 0 Å². The molecule has 3 amide bonds. The van der Waals surface area contributed by atoms with Crippen molar-refractivity contribution < 1.29 is 14.4 Å². The monoisotopic (exact) mass is 365 g/mol. The van der Waals surface area contributed by atoms with Crippen LogP contribution in [-0.2, 0) is 22.7 Å². The molecule has 2 aromatic rings. The maximum Gasteiger partial charge on any atom is 0.289 e. The van der Waals surface area contributed by atoms with Crippen LogP contribution in [0.4, 0.5) is 10.5 Å². The molecule has 1 aliphatic heterocycles. The summed E-state index contributed by atoms with van der Waals surface area (Å²) < 4.78 is 1.35. The number of imide groups is 1. The molecule has 0 bridgehead atoms. The Hall–Kier alpha value is -2.39. The van der Waals surface area contributed by atoms with Crippen LogP contribution in [0.1, 0.15) is 5.69 Å². The third-order valence-electron chi connectivity index (χ3n) is 3.26. The second-order valence-electron chi connectivity index (χ2n) is 4.98. The molecule has 0 atom stereocenters. The Bertz CT molecular complexity index is 793. The number of halogens is 1. The number of carbonyl (C=O) groups excluding carboxylic acids is 3. The van der Waals surface area contributed by atoms with Crippen LogP contribution < -0.4 is 5.32 Å². The Kier molecular flexibility index (Phi) is 4.81. The van der Waals surface area contributed by atoms with E-state index in [9.17, 15) is 14.4 Å². The van der Waals surface area contributed by atoms with Gasteiger partial charge in [0.25, 0.3) is 5.24 Å². The van der Waals surface area contributed by atoms with Crippen LogP contribution in [0.15, 0.2) is 30.5 Å². The Morgan fingerprint density at radius 1 is 1.38 bits per heavy atom. The minimum atomic E-state index is -0.322. The summed E-state index contributed by atoms with van der Waals surface area (Å²) >= 11 is 6.82. The van der Waals surface area contributed by atoms with E-state index in [1.807, 2.05) is 0 Å². The van der Waals surface area contributed by atoms with Gasteiger partial charge in [0.05, 0.1) is 24.2 Å². The molecule has 1 saturated heterocycles. The number of anilines is 1. The summed E-state index contributed by atoms with van der Waals surface area (Å²) in [5.74, 6) is -0.450. The number of amides is 3. The van der Waals surface area contributed by atoms with Crippen molar-refractivity contribution in [3.63, 3.8) is 0 Å². The molecule has 1 aromatic heterocycles. The van der Waals surface area contributed by atoms with E-state index in [1.54, 1.807) is 24.3 Å². The van der Waals surface area contributed by atoms with Crippen LogP contribution >= 0.6 is 23.4 Å². The molecule has 0 unspecified atom stereocenters. The zero-order chi connectivity index (χ0) is 17.1. The van der Waals surface area contributed by atoms with E-state index in [0.29, 0.717) is 16.4 Å². The molecule has 1 N–H and O–H groups in total. The minimum absolute atomic E-state index is 0.0438. The lowest BCUT2D eigenvalue weighted by atomic mass is 10.3. The van der Waals surface area contributed by atoms with Crippen LogP contribution in [0.2, 0.25) is 5.02 Å². The summed E-state index contributed by atoms with van der Waals surface area (Å²) in [5.41, 5.74) is 1.07. The average molecular weight is 366 g/mol. The van der Waals surface area contributed by atoms with Gasteiger partial charge in [-0.05, 0) is 18.2 Å². The van der Waals surface area contributed by atoms with Crippen LogP contribution in [0.25, 0.3) is 0 Å². The van der Waals surface area contributed by atoms with Gasteiger partial charge in [-0.25, -0.2) is 4.68 Å². The van der Waals surface area contributed by atoms with Crippen molar-refractivity contribution in [2.45, 2.75) is 13.1 Å². The zero-order valence-electron chi connectivity index (χ0n) is 12.3. The molecule has 0 aliphatic carbocycles. The first kappa shape index (κ1) is 16.5. The molecular formula is C14H12ClN5O3S.